The minimum Gasteiger partial charge on any atom is -0.496 e. The Hall–Kier alpha value is -2.98. The van der Waals surface area contributed by atoms with Crippen LogP contribution >= 0.6 is 0 Å². The molecule has 4 heteroatoms. The Morgan fingerprint density at radius 3 is 1.38 bits per heavy atom. The van der Waals surface area contributed by atoms with Gasteiger partial charge in [-0.25, -0.2) is 0 Å². The first kappa shape index (κ1) is 15.9. The van der Waals surface area contributed by atoms with E-state index in [2.05, 4.69) is 12.1 Å². The van der Waals surface area contributed by atoms with E-state index in [1.807, 2.05) is 24.3 Å². The zero-order chi connectivity index (χ0) is 17.1. The van der Waals surface area contributed by atoms with Gasteiger partial charge in [0.15, 0.2) is 0 Å². The molecule has 0 radical (unpaired) electrons. The van der Waals surface area contributed by atoms with Crippen molar-refractivity contribution in [3.05, 3.63) is 57.6 Å². The van der Waals surface area contributed by atoms with Crippen molar-refractivity contribution in [3.63, 3.8) is 0 Å². The van der Waals surface area contributed by atoms with Crippen LogP contribution in [-0.4, -0.2) is 14.2 Å². The van der Waals surface area contributed by atoms with E-state index in [9.17, 15) is 10.5 Å². The Labute approximate surface area is 141 Å². The normalized spacial score (nSPS) is 12.7. The van der Waals surface area contributed by atoms with E-state index in [0.29, 0.717) is 24.0 Å². The zero-order valence-corrected chi connectivity index (χ0v) is 13.8. The Morgan fingerprint density at radius 1 is 0.667 bits per heavy atom. The third-order valence-electron chi connectivity index (χ3n) is 4.58. The van der Waals surface area contributed by atoms with E-state index in [0.717, 1.165) is 46.6 Å². The Balaban J connectivity index is 2.16. The lowest BCUT2D eigenvalue weighted by Gasteiger charge is -2.18. The highest BCUT2D eigenvalue weighted by Crippen LogP contribution is 2.32. The van der Waals surface area contributed by atoms with Gasteiger partial charge in [-0.15, -0.1) is 0 Å². The van der Waals surface area contributed by atoms with Gasteiger partial charge in [-0.3, -0.25) is 0 Å². The largest absolute Gasteiger partial charge is 0.496 e. The summed E-state index contributed by atoms with van der Waals surface area (Å²) in [6.45, 7) is 0. The van der Waals surface area contributed by atoms with Gasteiger partial charge in [0, 0.05) is 0 Å². The summed E-state index contributed by atoms with van der Waals surface area (Å²) in [7, 11) is 3.34. The first-order chi connectivity index (χ1) is 11.7. The predicted molar refractivity (Wildman–Crippen MR) is 90.2 cm³/mol. The standard InChI is InChI=1S/C20H18N2O2/c1-23-19-9-16-6-4-14-8-17(11-21)13(7-18(14)12-22)3-5-15(19)10-20(16)24-2/h7-10H,3-6H2,1-2H3. The Bertz CT molecular complexity index is 799. The number of hydrogen-bond acceptors (Lipinski definition) is 4. The molecule has 120 valence electrons. The van der Waals surface area contributed by atoms with Crippen molar-refractivity contribution in [1.82, 2.24) is 0 Å². The summed E-state index contributed by atoms with van der Waals surface area (Å²) in [6, 6.07) is 12.3. The maximum Gasteiger partial charge on any atom is 0.122 e. The molecule has 0 N–H and O–H groups in total. The molecule has 0 heterocycles. The molecule has 4 nitrogen and oxygen atoms in total. The number of hydrogen-bond donors (Lipinski definition) is 0. The smallest absolute Gasteiger partial charge is 0.122 e. The van der Waals surface area contributed by atoms with E-state index in [1.54, 1.807) is 14.2 Å². The highest BCUT2D eigenvalue weighted by atomic mass is 16.5. The average molecular weight is 318 g/mol. The van der Waals surface area contributed by atoms with Crippen LogP contribution in [0.1, 0.15) is 33.4 Å². The maximum atomic E-state index is 9.44. The van der Waals surface area contributed by atoms with Crippen LogP contribution < -0.4 is 9.47 Å². The minimum absolute atomic E-state index is 0.657. The second-order valence-corrected chi connectivity index (χ2v) is 5.87. The lowest BCUT2D eigenvalue weighted by atomic mass is 9.90. The van der Waals surface area contributed by atoms with E-state index in [1.165, 1.54) is 0 Å². The molecule has 4 aliphatic carbocycles. The van der Waals surface area contributed by atoms with Crippen LogP contribution in [0, 0.1) is 22.7 Å². The number of nitriles is 2. The van der Waals surface area contributed by atoms with E-state index >= 15 is 0 Å². The fourth-order valence-electron chi connectivity index (χ4n) is 3.26. The van der Waals surface area contributed by atoms with Gasteiger partial charge in [0.1, 0.15) is 11.5 Å². The molecule has 0 saturated carbocycles. The zero-order valence-electron chi connectivity index (χ0n) is 13.8. The Kier molecular flexibility index (Phi) is 4.40. The van der Waals surface area contributed by atoms with Gasteiger partial charge in [0.25, 0.3) is 0 Å². The molecule has 4 bridgehead atoms. The molecule has 0 atom stereocenters. The molecule has 0 spiro atoms. The third-order valence-corrected chi connectivity index (χ3v) is 4.58. The van der Waals surface area contributed by atoms with Gasteiger partial charge >= 0.3 is 0 Å². The number of methoxy groups -OCH3 is 2. The second kappa shape index (κ2) is 6.64. The van der Waals surface area contributed by atoms with E-state index in [4.69, 9.17) is 9.47 Å². The molecule has 0 saturated heterocycles. The van der Waals surface area contributed by atoms with Crippen LogP contribution in [0.25, 0.3) is 0 Å². The molecule has 0 aromatic heterocycles. The van der Waals surface area contributed by atoms with Crippen molar-refractivity contribution in [2.45, 2.75) is 25.7 Å². The molecule has 2 aromatic rings. The molecule has 2 aromatic carbocycles. The van der Waals surface area contributed by atoms with Gasteiger partial charge < -0.3 is 9.47 Å². The van der Waals surface area contributed by atoms with E-state index < -0.39 is 0 Å². The summed E-state index contributed by atoms with van der Waals surface area (Å²) in [5, 5.41) is 18.9. The number of benzene rings is 2. The topological polar surface area (TPSA) is 66.0 Å². The summed E-state index contributed by atoms with van der Waals surface area (Å²) in [5.41, 5.74) is 5.22. The van der Waals surface area contributed by atoms with Crippen LogP contribution in [0.4, 0.5) is 0 Å². The monoisotopic (exact) mass is 318 g/mol. The van der Waals surface area contributed by atoms with Gasteiger partial charge in [-0.05, 0) is 72.2 Å². The number of ether oxygens (including phenoxy) is 2. The highest BCUT2D eigenvalue weighted by Gasteiger charge is 2.17. The van der Waals surface area contributed by atoms with Gasteiger partial charge in [-0.1, -0.05) is 0 Å². The summed E-state index contributed by atoms with van der Waals surface area (Å²) in [5.74, 6) is 1.69. The number of rotatable bonds is 2. The average Bonchev–Trinajstić information content (AvgIpc) is 2.62. The maximum absolute atomic E-state index is 9.44. The minimum atomic E-state index is 0.657. The second-order valence-electron chi connectivity index (χ2n) is 5.87. The van der Waals surface area contributed by atoms with Crippen LogP contribution in [0.3, 0.4) is 0 Å². The summed E-state index contributed by atoms with van der Waals surface area (Å²) < 4.78 is 11.1. The van der Waals surface area contributed by atoms with Crippen LogP contribution in [0.5, 0.6) is 11.5 Å². The van der Waals surface area contributed by atoms with Crippen LogP contribution in [0.15, 0.2) is 24.3 Å². The first-order valence-corrected chi connectivity index (χ1v) is 7.90. The highest BCUT2D eigenvalue weighted by molar-refractivity contribution is 5.52. The van der Waals surface area contributed by atoms with Crippen molar-refractivity contribution in [2.24, 2.45) is 0 Å². The fraction of sp³-hybridized carbons (Fsp3) is 0.300. The molecule has 6 rings (SSSR count). The molecule has 0 fully saturated rings. The van der Waals surface area contributed by atoms with E-state index in [-0.39, 0.29) is 0 Å². The Morgan fingerprint density at radius 2 is 1.04 bits per heavy atom. The van der Waals surface area contributed by atoms with Crippen molar-refractivity contribution in [2.75, 3.05) is 14.2 Å². The molecule has 0 aliphatic heterocycles. The van der Waals surface area contributed by atoms with Gasteiger partial charge in [0.05, 0.1) is 37.5 Å². The molecule has 24 heavy (non-hydrogen) atoms. The van der Waals surface area contributed by atoms with Crippen molar-refractivity contribution in [3.8, 4) is 23.6 Å². The number of aryl methyl sites for hydroxylation is 4. The summed E-state index contributed by atoms with van der Waals surface area (Å²) >= 11 is 0. The van der Waals surface area contributed by atoms with Crippen LogP contribution in [0.2, 0.25) is 0 Å². The quantitative estimate of drug-likeness (QED) is 0.852. The van der Waals surface area contributed by atoms with Crippen molar-refractivity contribution in [1.29, 1.82) is 10.5 Å². The van der Waals surface area contributed by atoms with Crippen molar-refractivity contribution >= 4 is 0 Å². The van der Waals surface area contributed by atoms with Gasteiger partial charge in [0.2, 0.25) is 0 Å². The molecular formula is C20H18N2O2. The van der Waals surface area contributed by atoms with Crippen LogP contribution in [-0.2, 0) is 25.7 Å². The predicted octanol–water partition coefficient (Wildman–Crippen LogP) is 3.33. The SMILES string of the molecule is COc1cc2c(OC)cc1CCc1cc(C#N)c(cc1C#N)CC2. The third kappa shape index (κ3) is 2.79. The lowest BCUT2D eigenvalue weighted by molar-refractivity contribution is 0.394. The first-order valence-electron chi connectivity index (χ1n) is 7.90. The molecular weight excluding hydrogens is 300 g/mol. The molecule has 0 unspecified atom stereocenters. The lowest BCUT2D eigenvalue weighted by Crippen LogP contribution is -2.06. The fourth-order valence-corrected chi connectivity index (χ4v) is 3.26. The summed E-state index contributed by atoms with van der Waals surface area (Å²) in [4.78, 5) is 0. The van der Waals surface area contributed by atoms with Crippen molar-refractivity contribution < 1.29 is 9.47 Å². The number of nitrogens with zero attached hydrogens (tertiary/aromatic N) is 2. The van der Waals surface area contributed by atoms with Gasteiger partial charge in [-0.2, -0.15) is 10.5 Å². The molecule has 4 aliphatic rings. The molecule has 0 amide bonds. The summed E-state index contributed by atoms with van der Waals surface area (Å²) in [6.07, 6.45) is 2.80.